The third-order valence-electron chi connectivity index (χ3n) is 2.69. The van der Waals surface area contributed by atoms with Crippen LogP contribution in [0.15, 0.2) is 11.1 Å². The molecule has 1 aliphatic heterocycles. The lowest BCUT2D eigenvalue weighted by molar-refractivity contribution is -0.137. The Morgan fingerprint density at radius 3 is 1.94 bits per heavy atom. The Morgan fingerprint density at radius 1 is 1.12 bits per heavy atom. The van der Waals surface area contributed by atoms with Gasteiger partial charge in [-0.25, -0.2) is 0 Å². The van der Waals surface area contributed by atoms with Crippen LogP contribution < -0.4 is 0 Å². The van der Waals surface area contributed by atoms with E-state index in [0.717, 1.165) is 0 Å². The van der Waals surface area contributed by atoms with Crippen molar-refractivity contribution in [2.45, 2.75) is 32.9 Å². The predicted octanol–water partition coefficient (Wildman–Crippen LogP) is 2.63. The number of hydrogen-bond acceptors (Lipinski definition) is 2. The Morgan fingerprint density at radius 2 is 1.56 bits per heavy atom. The number of hydrogen-bond donors (Lipinski definition) is 0. The zero-order valence-electron chi connectivity index (χ0n) is 9.64. The highest BCUT2D eigenvalue weighted by molar-refractivity contribution is 7.44. The second kappa shape index (κ2) is 4.90. The first-order valence-corrected chi connectivity index (χ1v) is 9.88. The standard InChI is InChI=1S/C10H15Cl2NO2Si/c1-7-8(2)10(15)13(9(7)14)5-4-6-16(3,11)12/h4-6H2,1-3H3. The molecule has 0 unspecified atom stereocenters. The van der Waals surface area contributed by atoms with E-state index in [1.54, 1.807) is 13.8 Å². The Hall–Kier alpha value is -0.323. The van der Waals surface area contributed by atoms with Gasteiger partial charge in [0.05, 0.1) is 0 Å². The maximum atomic E-state index is 11.7. The third kappa shape index (κ3) is 3.09. The van der Waals surface area contributed by atoms with Crippen LogP contribution in [-0.4, -0.2) is 30.0 Å². The van der Waals surface area contributed by atoms with Gasteiger partial charge in [-0.2, -0.15) is 0 Å². The number of carbonyl (C=O) groups excluding carboxylic acids is 2. The van der Waals surface area contributed by atoms with Gasteiger partial charge in [0.15, 0.2) is 0 Å². The molecule has 0 bridgehead atoms. The highest BCUT2D eigenvalue weighted by atomic mass is 35.7. The SMILES string of the molecule is CC1=C(C)C(=O)N(CCC[Si](C)(Cl)Cl)C1=O. The van der Waals surface area contributed by atoms with Crippen LogP contribution in [0.25, 0.3) is 0 Å². The Labute approximate surface area is 106 Å². The molecule has 16 heavy (non-hydrogen) atoms. The summed E-state index contributed by atoms with van der Waals surface area (Å²) in [7, 11) is 0. The zero-order chi connectivity index (χ0) is 12.5. The molecule has 1 heterocycles. The molecule has 0 spiro atoms. The van der Waals surface area contributed by atoms with Gasteiger partial charge >= 0.3 is 0 Å². The van der Waals surface area contributed by atoms with E-state index >= 15 is 0 Å². The van der Waals surface area contributed by atoms with Crippen LogP contribution in [-0.2, 0) is 9.59 Å². The van der Waals surface area contributed by atoms with E-state index in [4.69, 9.17) is 22.2 Å². The molecule has 0 saturated carbocycles. The van der Waals surface area contributed by atoms with Crippen LogP contribution in [0.1, 0.15) is 20.3 Å². The average Bonchev–Trinajstić information content (AvgIpc) is 2.33. The normalized spacial score (nSPS) is 17.7. The van der Waals surface area contributed by atoms with Gasteiger partial charge in [-0.15, -0.1) is 22.2 Å². The van der Waals surface area contributed by atoms with Crippen molar-refractivity contribution >= 4 is 40.7 Å². The lowest BCUT2D eigenvalue weighted by Gasteiger charge is -2.16. The molecule has 0 N–H and O–H groups in total. The number of halogens is 2. The Kier molecular flexibility index (Phi) is 4.21. The topological polar surface area (TPSA) is 37.4 Å². The monoisotopic (exact) mass is 279 g/mol. The maximum Gasteiger partial charge on any atom is 0.256 e. The second-order valence-electron chi connectivity index (χ2n) is 4.19. The number of nitrogens with zero attached hydrogens (tertiary/aromatic N) is 1. The van der Waals surface area contributed by atoms with Crippen LogP contribution in [0.3, 0.4) is 0 Å². The molecule has 0 aliphatic carbocycles. The lowest BCUT2D eigenvalue weighted by atomic mass is 10.2. The third-order valence-corrected chi connectivity index (χ3v) is 5.06. The summed E-state index contributed by atoms with van der Waals surface area (Å²) in [5, 5.41) is 0. The quantitative estimate of drug-likeness (QED) is 0.451. The van der Waals surface area contributed by atoms with Crippen molar-refractivity contribution in [1.29, 1.82) is 0 Å². The number of rotatable bonds is 4. The molecule has 0 radical (unpaired) electrons. The minimum absolute atomic E-state index is 0.185. The van der Waals surface area contributed by atoms with Crippen molar-refractivity contribution in [1.82, 2.24) is 4.90 Å². The Bertz CT molecular complexity index is 336. The summed E-state index contributed by atoms with van der Waals surface area (Å²) in [6.45, 7) is 3.47. The van der Waals surface area contributed by atoms with Gasteiger partial charge in [-0.1, -0.05) is 0 Å². The molecule has 0 aromatic carbocycles. The molecule has 2 amide bonds. The van der Waals surface area contributed by atoms with Crippen LogP contribution >= 0.6 is 22.2 Å². The fourth-order valence-corrected chi connectivity index (χ4v) is 3.15. The minimum Gasteiger partial charge on any atom is -0.275 e. The lowest BCUT2D eigenvalue weighted by Crippen LogP contribution is -2.33. The van der Waals surface area contributed by atoms with Crippen molar-refractivity contribution in [2.24, 2.45) is 0 Å². The molecule has 0 aromatic heterocycles. The molecule has 90 valence electrons. The summed E-state index contributed by atoms with van der Waals surface area (Å²) in [5.41, 5.74) is 1.09. The van der Waals surface area contributed by atoms with E-state index in [2.05, 4.69) is 0 Å². The molecule has 1 aliphatic rings. The van der Waals surface area contributed by atoms with E-state index in [-0.39, 0.29) is 11.8 Å². The number of amides is 2. The highest BCUT2D eigenvalue weighted by Crippen LogP contribution is 2.24. The molecule has 0 saturated heterocycles. The predicted molar refractivity (Wildman–Crippen MR) is 67.8 cm³/mol. The van der Waals surface area contributed by atoms with Crippen molar-refractivity contribution < 1.29 is 9.59 Å². The molecule has 1 rings (SSSR count). The van der Waals surface area contributed by atoms with Crippen molar-refractivity contribution in [3.63, 3.8) is 0 Å². The fraction of sp³-hybridized carbons (Fsp3) is 0.600. The van der Waals surface area contributed by atoms with E-state index in [9.17, 15) is 9.59 Å². The van der Waals surface area contributed by atoms with E-state index in [1.165, 1.54) is 4.90 Å². The van der Waals surface area contributed by atoms with Crippen molar-refractivity contribution in [3.05, 3.63) is 11.1 Å². The van der Waals surface area contributed by atoms with Gasteiger partial charge in [0, 0.05) is 17.7 Å². The van der Waals surface area contributed by atoms with Crippen LogP contribution in [0.4, 0.5) is 0 Å². The van der Waals surface area contributed by atoms with Crippen molar-refractivity contribution in [2.75, 3.05) is 6.54 Å². The molecular formula is C10H15Cl2NO2Si. The maximum absolute atomic E-state index is 11.7. The first kappa shape index (κ1) is 13.7. The van der Waals surface area contributed by atoms with Gasteiger partial charge in [-0.05, 0) is 32.9 Å². The smallest absolute Gasteiger partial charge is 0.256 e. The highest BCUT2D eigenvalue weighted by Gasteiger charge is 2.33. The summed E-state index contributed by atoms with van der Waals surface area (Å²) in [6.07, 6.45) is 0.674. The van der Waals surface area contributed by atoms with Gasteiger partial charge in [0.2, 0.25) is 6.69 Å². The van der Waals surface area contributed by atoms with Crippen molar-refractivity contribution in [3.8, 4) is 0 Å². The van der Waals surface area contributed by atoms with Crippen LogP contribution in [0.5, 0.6) is 0 Å². The molecule has 0 atom stereocenters. The zero-order valence-corrected chi connectivity index (χ0v) is 12.2. The van der Waals surface area contributed by atoms with Crippen LogP contribution in [0, 0.1) is 0 Å². The van der Waals surface area contributed by atoms with E-state index in [1.807, 2.05) is 6.55 Å². The van der Waals surface area contributed by atoms with Crippen LogP contribution in [0.2, 0.25) is 12.6 Å². The first-order chi connectivity index (χ1) is 7.24. The average molecular weight is 280 g/mol. The summed E-state index contributed by atoms with van der Waals surface area (Å²) < 4.78 is 0. The van der Waals surface area contributed by atoms with Gasteiger partial charge < -0.3 is 0 Å². The van der Waals surface area contributed by atoms with Gasteiger partial charge in [0.25, 0.3) is 11.8 Å². The molecule has 0 fully saturated rings. The summed E-state index contributed by atoms with van der Waals surface area (Å²) >= 11 is 11.9. The second-order valence-corrected chi connectivity index (χ2v) is 12.4. The molecule has 3 nitrogen and oxygen atoms in total. The van der Waals surface area contributed by atoms with Gasteiger partial charge in [0.1, 0.15) is 0 Å². The molecular weight excluding hydrogens is 265 g/mol. The summed E-state index contributed by atoms with van der Waals surface area (Å²) in [4.78, 5) is 24.6. The first-order valence-electron chi connectivity index (χ1n) is 5.15. The Balaban J connectivity index is 2.53. The van der Waals surface area contributed by atoms with E-state index in [0.29, 0.717) is 30.2 Å². The largest absolute Gasteiger partial charge is 0.275 e. The van der Waals surface area contributed by atoms with Gasteiger partial charge in [-0.3, -0.25) is 14.5 Å². The number of imide groups is 1. The molecule has 0 aromatic rings. The minimum atomic E-state index is -2.13. The fourth-order valence-electron chi connectivity index (χ4n) is 1.57. The summed E-state index contributed by atoms with van der Waals surface area (Å²) in [6, 6.07) is 0.686. The number of carbonyl (C=O) groups is 2. The summed E-state index contributed by atoms with van der Waals surface area (Å²) in [5.74, 6) is -0.370. The van der Waals surface area contributed by atoms with E-state index < -0.39 is 6.69 Å². The molecule has 6 heteroatoms.